The minimum Gasteiger partial charge on any atom is -0.366 e. The molecule has 13 heavy (non-hydrogen) atoms. The van der Waals surface area contributed by atoms with Gasteiger partial charge in [-0.2, -0.15) is 0 Å². The number of nitrogens with two attached hydrogens (primary N) is 1. The quantitative estimate of drug-likeness (QED) is 0.661. The van der Waals surface area contributed by atoms with Crippen molar-refractivity contribution in [2.75, 3.05) is 5.32 Å². The number of carbonyl (C=O) groups excluding carboxylic acids is 1. The minimum absolute atomic E-state index is 0.407. The average molecular weight is 175 g/mol. The Balaban J connectivity index is 2.55. The van der Waals surface area contributed by atoms with Gasteiger partial charge >= 0.3 is 0 Å². The van der Waals surface area contributed by atoms with E-state index in [2.05, 4.69) is 10.3 Å². The zero-order chi connectivity index (χ0) is 9.26. The number of carbonyl (C=O) groups is 1. The summed E-state index contributed by atoms with van der Waals surface area (Å²) in [5, 5.41) is 2.96. The fourth-order valence-corrected chi connectivity index (χ4v) is 1.38. The Hall–Kier alpha value is -1.84. The van der Waals surface area contributed by atoms with E-state index in [0.29, 0.717) is 12.1 Å². The van der Waals surface area contributed by atoms with E-state index in [0.717, 1.165) is 11.3 Å². The van der Waals surface area contributed by atoms with E-state index in [1.807, 2.05) is 6.07 Å². The highest BCUT2D eigenvalue weighted by atomic mass is 16.1. The second-order valence-electron chi connectivity index (χ2n) is 2.81. The van der Waals surface area contributed by atoms with Crippen molar-refractivity contribution in [1.29, 1.82) is 0 Å². The van der Waals surface area contributed by atoms with Crippen LogP contribution in [-0.2, 0) is 6.54 Å². The summed E-state index contributed by atoms with van der Waals surface area (Å²) in [6.07, 6.45) is 1.62. The zero-order valence-corrected chi connectivity index (χ0v) is 6.95. The molecule has 0 bridgehead atoms. The topological polar surface area (TPSA) is 67.5 Å². The van der Waals surface area contributed by atoms with Crippen molar-refractivity contribution in [3.8, 4) is 0 Å². The normalized spacial score (nSPS) is 13.2. The van der Waals surface area contributed by atoms with Gasteiger partial charge in [0.05, 0.1) is 12.9 Å². The van der Waals surface area contributed by atoms with Crippen LogP contribution < -0.4 is 11.1 Å². The molecule has 1 aromatic carbocycles. The third kappa shape index (κ3) is 1.26. The van der Waals surface area contributed by atoms with E-state index >= 15 is 0 Å². The Morgan fingerprint density at radius 2 is 2.38 bits per heavy atom. The van der Waals surface area contributed by atoms with Crippen molar-refractivity contribution in [3.63, 3.8) is 0 Å². The summed E-state index contributed by atoms with van der Waals surface area (Å²) in [5.41, 5.74) is 7.54. The number of nitrogens with zero attached hydrogens (tertiary/aromatic N) is 1. The molecular formula is C9H9N3O. The van der Waals surface area contributed by atoms with E-state index in [1.165, 1.54) is 0 Å². The van der Waals surface area contributed by atoms with Gasteiger partial charge < -0.3 is 11.1 Å². The maximum atomic E-state index is 11.0. The number of aliphatic imine (C=N–C) groups is 1. The number of anilines is 1. The van der Waals surface area contributed by atoms with Crippen molar-refractivity contribution in [2.24, 2.45) is 10.7 Å². The van der Waals surface area contributed by atoms with Gasteiger partial charge in [-0.1, -0.05) is 6.07 Å². The molecule has 1 heterocycles. The molecule has 0 unspecified atom stereocenters. The standard InChI is InChI=1S/C9H9N3O/c10-9(13)6-2-1-3-8-7(6)4-11-5-12-8/h1-3,5H,4H2,(H2,10,13)(H,11,12). The maximum absolute atomic E-state index is 11.0. The van der Waals surface area contributed by atoms with Gasteiger partial charge in [0.15, 0.2) is 0 Å². The van der Waals surface area contributed by atoms with E-state index in [9.17, 15) is 4.79 Å². The van der Waals surface area contributed by atoms with Crippen molar-refractivity contribution >= 4 is 17.9 Å². The molecule has 0 saturated carbocycles. The number of hydrogen-bond acceptors (Lipinski definition) is 3. The largest absolute Gasteiger partial charge is 0.366 e. The van der Waals surface area contributed by atoms with Gasteiger partial charge in [-0.3, -0.25) is 9.79 Å². The second kappa shape index (κ2) is 2.90. The maximum Gasteiger partial charge on any atom is 0.249 e. The molecule has 2 rings (SSSR count). The molecule has 1 aromatic rings. The number of amides is 1. The molecule has 0 aliphatic carbocycles. The van der Waals surface area contributed by atoms with Gasteiger partial charge in [-0.15, -0.1) is 0 Å². The first-order valence-electron chi connectivity index (χ1n) is 3.95. The molecule has 0 atom stereocenters. The summed E-state index contributed by atoms with van der Waals surface area (Å²) in [6.45, 7) is 0.515. The van der Waals surface area contributed by atoms with Crippen LogP contribution >= 0.6 is 0 Å². The van der Waals surface area contributed by atoms with Crippen molar-refractivity contribution in [2.45, 2.75) is 6.54 Å². The average Bonchev–Trinajstić information content (AvgIpc) is 2.17. The molecule has 4 heteroatoms. The van der Waals surface area contributed by atoms with Crippen LogP contribution in [0.4, 0.5) is 5.69 Å². The number of nitrogens with one attached hydrogen (secondary N) is 1. The highest BCUT2D eigenvalue weighted by molar-refractivity contribution is 5.97. The lowest BCUT2D eigenvalue weighted by Crippen LogP contribution is -2.16. The summed E-state index contributed by atoms with van der Waals surface area (Å²) in [4.78, 5) is 15.0. The highest BCUT2D eigenvalue weighted by Crippen LogP contribution is 2.22. The monoisotopic (exact) mass is 175 g/mol. The first kappa shape index (κ1) is 7.79. The third-order valence-electron chi connectivity index (χ3n) is 2.00. The molecule has 0 spiro atoms. The highest BCUT2D eigenvalue weighted by Gasteiger charge is 2.12. The van der Waals surface area contributed by atoms with Crippen molar-refractivity contribution in [3.05, 3.63) is 29.3 Å². The summed E-state index contributed by atoms with van der Waals surface area (Å²) in [5.74, 6) is -0.407. The lowest BCUT2D eigenvalue weighted by Gasteiger charge is -2.14. The Morgan fingerprint density at radius 3 is 3.15 bits per heavy atom. The smallest absolute Gasteiger partial charge is 0.249 e. The van der Waals surface area contributed by atoms with Gasteiger partial charge in [0.25, 0.3) is 0 Å². The van der Waals surface area contributed by atoms with E-state index < -0.39 is 5.91 Å². The third-order valence-corrected chi connectivity index (χ3v) is 2.00. The van der Waals surface area contributed by atoms with E-state index in [1.54, 1.807) is 18.5 Å². The first-order valence-corrected chi connectivity index (χ1v) is 3.95. The van der Waals surface area contributed by atoms with Crippen LogP contribution in [0.2, 0.25) is 0 Å². The summed E-state index contributed by atoms with van der Waals surface area (Å²) in [7, 11) is 0. The van der Waals surface area contributed by atoms with Crippen LogP contribution in [0.5, 0.6) is 0 Å². The second-order valence-corrected chi connectivity index (χ2v) is 2.81. The number of rotatable bonds is 1. The molecule has 1 amide bonds. The molecule has 0 saturated heterocycles. The number of benzene rings is 1. The molecule has 0 fully saturated rings. The molecule has 4 nitrogen and oxygen atoms in total. The van der Waals surface area contributed by atoms with Gasteiger partial charge in [0, 0.05) is 16.8 Å². The van der Waals surface area contributed by atoms with Crippen molar-refractivity contribution in [1.82, 2.24) is 0 Å². The Labute approximate surface area is 75.5 Å². The molecule has 3 N–H and O–H groups in total. The predicted molar refractivity (Wildman–Crippen MR) is 50.8 cm³/mol. The van der Waals surface area contributed by atoms with Crippen molar-refractivity contribution < 1.29 is 4.79 Å². The Kier molecular flexibility index (Phi) is 1.73. The summed E-state index contributed by atoms with van der Waals surface area (Å²) >= 11 is 0. The minimum atomic E-state index is -0.407. The molecular weight excluding hydrogens is 166 g/mol. The lowest BCUT2D eigenvalue weighted by molar-refractivity contribution is 0.0999. The van der Waals surface area contributed by atoms with E-state index in [-0.39, 0.29) is 0 Å². The fourth-order valence-electron chi connectivity index (χ4n) is 1.38. The van der Waals surface area contributed by atoms with Crippen LogP contribution in [0.3, 0.4) is 0 Å². The Morgan fingerprint density at radius 1 is 1.54 bits per heavy atom. The molecule has 0 radical (unpaired) electrons. The van der Waals surface area contributed by atoms with E-state index in [4.69, 9.17) is 5.73 Å². The van der Waals surface area contributed by atoms with Crippen LogP contribution in [0.1, 0.15) is 15.9 Å². The molecule has 1 aliphatic heterocycles. The van der Waals surface area contributed by atoms with Crippen LogP contribution in [0, 0.1) is 0 Å². The van der Waals surface area contributed by atoms with Gasteiger partial charge in [0.2, 0.25) is 5.91 Å². The first-order chi connectivity index (χ1) is 6.29. The zero-order valence-electron chi connectivity index (χ0n) is 6.95. The van der Waals surface area contributed by atoms with Gasteiger partial charge in [-0.25, -0.2) is 0 Å². The lowest BCUT2D eigenvalue weighted by atomic mass is 10.0. The predicted octanol–water partition coefficient (Wildman–Crippen LogP) is 0.739. The SMILES string of the molecule is NC(=O)c1cccc2c1CN=CN2. The summed E-state index contributed by atoms with van der Waals surface area (Å²) < 4.78 is 0. The fraction of sp³-hybridized carbons (Fsp3) is 0.111. The van der Waals surface area contributed by atoms with Gasteiger partial charge in [0.1, 0.15) is 0 Å². The summed E-state index contributed by atoms with van der Waals surface area (Å²) in [6, 6.07) is 5.40. The molecule has 1 aliphatic rings. The molecule has 0 aromatic heterocycles. The van der Waals surface area contributed by atoms with Crippen LogP contribution in [0.15, 0.2) is 23.2 Å². The van der Waals surface area contributed by atoms with Gasteiger partial charge in [-0.05, 0) is 12.1 Å². The Bertz CT molecular complexity index is 384. The number of fused-ring (bicyclic) bond motifs is 1. The van der Waals surface area contributed by atoms with Crippen LogP contribution in [0.25, 0.3) is 0 Å². The number of hydrogen-bond donors (Lipinski definition) is 2. The number of primary amides is 1. The molecule has 66 valence electrons. The van der Waals surface area contributed by atoms with Crippen LogP contribution in [-0.4, -0.2) is 12.2 Å².